The van der Waals surface area contributed by atoms with Crippen molar-refractivity contribution in [1.29, 1.82) is 0 Å². The zero-order valence-corrected chi connectivity index (χ0v) is 16.9. The van der Waals surface area contributed by atoms with Crippen molar-refractivity contribution in [3.8, 4) is 11.5 Å². The van der Waals surface area contributed by atoms with E-state index < -0.39 is 5.79 Å². The van der Waals surface area contributed by atoms with Gasteiger partial charge >= 0.3 is 0 Å². The summed E-state index contributed by atoms with van der Waals surface area (Å²) in [5.74, 6) is 0.949. The number of nitrogens with one attached hydrogen (secondary N) is 1. The smallest absolute Gasteiger partial charge is 0.174 e. The molecule has 1 N–H and O–H groups in total. The average molecular weight is 374 g/mol. The molecule has 0 amide bonds. The summed E-state index contributed by atoms with van der Waals surface area (Å²) in [6.07, 6.45) is 7.95. The molecule has 1 saturated heterocycles. The Balaban J connectivity index is 1.58. The lowest BCUT2D eigenvalue weighted by atomic mass is 9.63. The van der Waals surface area contributed by atoms with Crippen LogP contribution in [0.25, 0.3) is 11.5 Å². The maximum Gasteiger partial charge on any atom is 0.174 e. The summed E-state index contributed by atoms with van der Waals surface area (Å²) in [4.78, 5) is 4.37. The fourth-order valence-electron chi connectivity index (χ4n) is 5.16. The van der Waals surface area contributed by atoms with E-state index in [-0.39, 0.29) is 5.41 Å². The van der Waals surface area contributed by atoms with Crippen molar-refractivity contribution in [3.05, 3.63) is 17.6 Å². The molecule has 0 radical (unpaired) electrons. The van der Waals surface area contributed by atoms with Crippen molar-refractivity contribution in [2.24, 2.45) is 18.4 Å². The molecular formula is C20H31N5O2. The van der Waals surface area contributed by atoms with Gasteiger partial charge in [0.2, 0.25) is 0 Å². The van der Waals surface area contributed by atoms with Gasteiger partial charge in [-0.3, -0.25) is 9.78 Å². The predicted molar refractivity (Wildman–Crippen MR) is 102 cm³/mol. The molecule has 7 nitrogen and oxygen atoms in total. The summed E-state index contributed by atoms with van der Waals surface area (Å²) < 4.78 is 14.2. The van der Waals surface area contributed by atoms with Crippen LogP contribution in [0.4, 0.5) is 0 Å². The van der Waals surface area contributed by atoms with Gasteiger partial charge in [0, 0.05) is 24.4 Å². The topological polar surface area (TPSA) is 77.9 Å². The molecule has 2 fully saturated rings. The van der Waals surface area contributed by atoms with Crippen LogP contribution >= 0.6 is 0 Å². The van der Waals surface area contributed by atoms with Crippen molar-refractivity contribution >= 4 is 0 Å². The maximum atomic E-state index is 6.15. The van der Waals surface area contributed by atoms with Crippen LogP contribution in [0.3, 0.4) is 0 Å². The Labute approximate surface area is 160 Å². The number of nitrogens with zero attached hydrogens (tertiary/aromatic N) is 4. The van der Waals surface area contributed by atoms with Gasteiger partial charge in [0.15, 0.2) is 11.6 Å². The molecule has 1 spiro atoms. The van der Waals surface area contributed by atoms with Crippen molar-refractivity contribution in [2.45, 2.75) is 65.1 Å². The number of ether oxygens (including phenoxy) is 2. The third-order valence-corrected chi connectivity index (χ3v) is 6.76. The summed E-state index contributed by atoms with van der Waals surface area (Å²) in [5, 5.41) is 11.8. The van der Waals surface area contributed by atoms with Gasteiger partial charge in [-0.15, -0.1) is 0 Å². The molecular weight excluding hydrogens is 342 g/mol. The average Bonchev–Trinajstić information content (AvgIpc) is 3.37. The van der Waals surface area contributed by atoms with E-state index in [9.17, 15) is 0 Å². The minimum absolute atomic E-state index is 0.00272. The molecule has 2 aromatic heterocycles. The van der Waals surface area contributed by atoms with Gasteiger partial charge in [0.05, 0.1) is 18.9 Å². The molecule has 0 bridgehead atoms. The van der Waals surface area contributed by atoms with Gasteiger partial charge in [-0.25, -0.2) is 4.98 Å². The second-order valence-corrected chi connectivity index (χ2v) is 8.38. The Kier molecular flexibility index (Phi) is 4.84. The van der Waals surface area contributed by atoms with E-state index in [1.165, 1.54) is 12.0 Å². The Morgan fingerprint density at radius 1 is 1.30 bits per heavy atom. The summed E-state index contributed by atoms with van der Waals surface area (Å²) in [6, 6.07) is 0. The molecule has 3 heterocycles. The number of H-pyrrole nitrogens is 1. The second-order valence-electron chi connectivity index (χ2n) is 8.38. The van der Waals surface area contributed by atoms with E-state index >= 15 is 0 Å². The SMILES string of the molecule is CCc1nn(C)c(-c2ncn[nH]2)c1CC[C@@H]1CCCC2(OCCO2)C1(C)C. The Morgan fingerprint density at radius 2 is 2.07 bits per heavy atom. The van der Waals surface area contributed by atoms with Crippen LogP contribution < -0.4 is 0 Å². The molecule has 148 valence electrons. The van der Waals surface area contributed by atoms with E-state index in [1.54, 1.807) is 6.33 Å². The zero-order chi connectivity index (χ0) is 19.1. The van der Waals surface area contributed by atoms with E-state index in [4.69, 9.17) is 14.6 Å². The number of aryl methyl sites for hydroxylation is 2. The standard InChI is InChI=1S/C20H31N5O2/c1-5-16-15(17(25(4)24-16)18-21-13-22-23-18)9-8-14-7-6-10-20(19(14,2)3)26-11-12-27-20/h13-14H,5-12H2,1-4H3,(H,21,22,23)/t14-/m0/s1. The molecule has 0 unspecified atom stereocenters. The lowest BCUT2D eigenvalue weighted by molar-refractivity contribution is -0.262. The summed E-state index contributed by atoms with van der Waals surface area (Å²) in [6.45, 7) is 8.24. The monoisotopic (exact) mass is 373 g/mol. The minimum atomic E-state index is -0.397. The van der Waals surface area contributed by atoms with Crippen LogP contribution in [0.1, 0.15) is 57.7 Å². The van der Waals surface area contributed by atoms with E-state index in [1.807, 2.05) is 11.7 Å². The first kappa shape index (κ1) is 18.6. The summed E-state index contributed by atoms with van der Waals surface area (Å²) in [5.41, 5.74) is 3.50. The lowest BCUT2D eigenvalue weighted by Gasteiger charge is -2.50. The predicted octanol–water partition coefficient (Wildman–Crippen LogP) is 3.27. The normalized spacial score (nSPS) is 23.9. The van der Waals surface area contributed by atoms with Crippen molar-refractivity contribution in [1.82, 2.24) is 25.0 Å². The van der Waals surface area contributed by atoms with E-state index in [0.717, 1.165) is 49.3 Å². The highest BCUT2D eigenvalue weighted by Gasteiger charge is 2.55. The highest BCUT2D eigenvalue weighted by atomic mass is 16.7. The van der Waals surface area contributed by atoms with Crippen molar-refractivity contribution in [2.75, 3.05) is 13.2 Å². The third kappa shape index (κ3) is 3.01. The van der Waals surface area contributed by atoms with Gasteiger partial charge in [-0.2, -0.15) is 10.2 Å². The molecule has 4 rings (SSSR count). The molecule has 2 aromatic rings. The first-order valence-corrected chi connectivity index (χ1v) is 10.2. The van der Waals surface area contributed by atoms with Crippen LogP contribution in [0, 0.1) is 11.3 Å². The van der Waals surface area contributed by atoms with Gasteiger partial charge in [-0.05, 0) is 38.0 Å². The largest absolute Gasteiger partial charge is 0.347 e. The van der Waals surface area contributed by atoms with Crippen LogP contribution in [0.15, 0.2) is 6.33 Å². The Bertz CT molecular complexity index is 775. The molecule has 0 aromatic carbocycles. The van der Waals surface area contributed by atoms with Crippen molar-refractivity contribution < 1.29 is 9.47 Å². The summed E-state index contributed by atoms with van der Waals surface area (Å²) >= 11 is 0. The van der Waals surface area contributed by atoms with E-state index in [0.29, 0.717) is 19.1 Å². The van der Waals surface area contributed by atoms with Crippen LogP contribution in [0.2, 0.25) is 0 Å². The van der Waals surface area contributed by atoms with Crippen molar-refractivity contribution in [3.63, 3.8) is 0 Å². The maximum absolute atomic E-state index is 6.15. The Morgan fingerprint density at radius 3 is 2.74 bits per heavy atom. The first-order chi connectivity index (χ1) is 13.0. The van der Waals surface area contributed by atoms with Crippen LogP contribution in [-0.2, 0) is 29.4 Å². The highest BCUT2D eigenvalue weighted by molar-refractivity contribution is 5.56. The molecule has 2 aliphatic rings. The fourth-order valence-corrected chi connectivity index (χ4v) is 5.16. The van der Waals surface area contributed by atoms with Gasteiger partial charge in [0.1, 0.15) is 12.0 Å². The van der Waals surface area contributed by atoms with Gasteiger partial charge in [-0.1, -0.05) is 20.8 Å². The molecule has 7 heteroatoms. The quantitative estimate of drug-likeness (QED) is 0.870. The first-order valence-electron chi connectivity index (χ1n) is 10.2. The molecule has 1 saturated carbocycles. The molecule has 1 atom stereocenters. The molecule has 1 aliphatic heterocycles. The number of hydrogen-bond acceptors (Lipinski definition) is 5. The lowest BCUT2D eigenvalue weighted by Crippen LogP contribution is -2.52. The third-order valence-electron chi connectivity index (χ3n) is 6.76. The highest BCUT2D eigenvalue weighted by Crippen LogP contribution is 2.53. The second kappa shape index (κ2) is 7.02. The molecule has 27 heavy (non-hydrogen) atoms. The Hall–Kier alpha value is -1.73. The zero-order valence-electron chi connectivity index (χ0n) is 16.9. The minimum Gasteiger partial charge on any atom is -0.347 e. The van der Waals surface area contributed by atoms with Gasteiger partial charge < -0.3 is 9.47 Å². The number of aromatic nitrogens is 5. The van der Waals surface area contributed by atoms with Crippen LogP contribution in [0.5, 0.6) is 0 Å². The fraction of sp³-hybridized carbons (Fsp3) is 0.750. The van der Waals surface area contributed by atoms with Gasteiger partial charge in [0.25, 0.3) is 0 Å². The summed E-state index contributed by atoms with van der Waals surface area (Å²) in [7, 11) is 1.99. The number of hydrogen-bond donors (Lipinski definition) is 1. The number of rotatable bonds is 5. The molecule has 1 aliphatic carbocycles. The van der Waals surface area contributed by atoms with E-state index in [2.05, 4.69) is 36.0 Å². The number of aromatic amines is 1. The van der Waals surface area contributed by atoms with Crippen LogP contribution in [-0.4, -0.2) is 44.0 Å².